The van der Waals surface area contributed by atoms with Crippen molar-refractivity contribution in [3.8, 4) is 5.75 Å². The Hall–Kier alpha value is -1.63. The molecular formula is C14H15ClN2O3S. The second kappa shape index (κ2) is 6.43. The van der Waals surface area contributed by atoms with E-state index >= 15 is 0 Å². The number of methoxy groups -OCH3 is 1. The lowest BCUT2D eigenvalue weighted by Crippen LogP contribution is -2.26. The van der Waals surface area contributed by atoms with Crippen molar-refractivity contribution in [3.63, 3.8) is 0 Å². The van der Waals surface area contributed by atoms with Crippen LogP contribution in [0.2, 0.25) is 5.15 Å². The summed E-state index contributed by atoms with van der Waals surface area (Å²) in [6.07, 6.45) is 1.25. The van der Waals surface area contributed by atoms with Gasteiger partial charge in [-0.1, -0.05) is 23.7 Å². The summed E-state index contributed by atoms with van der Waals surface area (Å²) in [5, 5.41) is 0.256. The summed E-state index contributed by atoms with van der Waals surface area (Å²) >= 11 is 5.67. The van der Waals surface area contributed by atoms with Crippen molar-refractivity contribution < 1.29 is 13.2 Å². The molecule has 0 atom stereocenters. The summed E-state index contributed by atoms with van der Waals surface area (Å²) in [6.45, 7) is 0.259. The van der Waals surface area contributed by atoms with Gasteiger partial charge in [-0.3, -0.25) is 0 Å². The number of hydrogen-bond donors (Lipinski definition) is 0. The van der Waals surface area contributed by atoms with E-state index in [1.165, 1.54) is 29.7 Å². The second-order valence-electron chi connectivity index (χ2n) is 4.43. The highest BCUT2D eigenvalue weighted by Crippen LogP contribution is 2.18. The zero-order valence-corrected chi connectivity index (χ0v) is 13.2. The van der Waals surface area contributed by atoms with Gasteiger partial charge in [0.2, 0.25) is 10.0 Å². The van der Waals surface area contributed by atoms with Crippen LogP contribution in [0.1, 0.15) is 5.56 Å². The highest BCUT2D eigenvalue weighted by atomic mass is 35.5. The van der Waals surface area contributed by atoms with E-state index in [1.54, 1.807) is 19.2 Å². The van der Waals surface area contributed by atoms with Gasteiger partial charge in [-0.15, -0.1) is 0 Å². The first-order valence-electron chi connectivity index (χ1n) is 6.14. The summed E-state index contributed by atoms with van der Waals surface area (Å²) in [5.41, 5.74) is 0.865. The topological polar surface area (TPSA) is 59.5 Å². The number of sulfonamides is 1. The van der Waals surface area contributed by atoms with E-state index < -0.39 is 10.0 Å². The molecule has 1 heterocycles. The molecule has 2 rings (SSSR count). The lowest BCUT2D eigenvalue weighted by atomic mass is 10.2. The van der Waals surface area contributed by atoms with Gasteiger partial charge in [0, 0.05) is 19.8 Å². The minimum atomic E-state index is -3.59. The summed E-state index contributed by atoms with van der Waals surface area (Å²) in [6, 6.07) is 10.1. The first-order chi connectivity index (χ1) is 9.93. The van der Waals surface area contributed by atoms with Crippen LogP contribution < -0.4 is 4.74 Å². The predicted molar refractivity (Wildman–Crippen MR) is 80.9 cm³/mol. The Morgan fingerprint density at radius 1 is 1.19 bits per heavy atom. The molecule has 7 heteroatoms. The van der Waals surface area contributed by atoms with Gasteiger partial charge in [0.25, 0.3) is 0 Å². The number of nitrogens with zero attached hydrogens (tertiary/aromatic N) is 2. The minimum absolute atomic E-state index is 0.114. The normalized spacial score (nSPS) is 11.6. The summed E-state index contributed by atoms with van der Waals surface area (Å²) < 4.78 is 31.1. The van der Waals surface area contributed by atoms with Crippen molar-refractivity contribution in [2.45, 2.75) is 11.4 Å². The Bertz CT molecular complexity index is 700. The molecule has 21 heavy (non-hydrogen) atoms. The SMILES string of the molecule is COc1ccc(CN(C)S(=O)(=O)c2ccc(Cl)nc2)cc1. The third-order valence-corrected chi connectivity index (χ3v) is 4.98. The van der Waals surface area contributed by atoms with Crippen molar-refractivity contribution in [3.05, 3.63) is 53.3 Å². The molecule has 112 valence electrons. The fourth-order valence-electron chi connectivity index (χ4n) is 1.77. The molecule has 1 aromatic carbocycles. The Morgan fingerprint density at radius 3 is 2.38 bits per heavy atom. The molecule has 0 aliphatic rings. The molecule has 0 unspecified atom stereocenters. The number of hydrogen-bond acceptors (Lipinski definition) is 4. The van der Waals surface area contributed by atoms with Gasteiger partial charge in [-0.05, 0) is 29.8 Å². The molecule has 0 bridgehead atoms. The zero-order chi connectivity index (χ0) is 15.5. The van der Waals surface area contributed by atoms with Crippen molar-refractivity contribution in [1.82, 2.24) is 9.29 Å². The Labute approximate surface area is 129 Å². The van der Waals surface area contributed by atoms with Gasteiger partial charge in [0.05, 0.1) is 7.11 Å². The molecule has 0 aliphatic heterocycles. The molecular weight excluding hydrogens is 312 g/mol. The molecule has 0 amide bonds. The molecule has 0 radical (unpaired) electrons. The molecule has 0 N–H and O–H groups in total. The van der Waals surface area contributed by atoms with Crippen LogP contribution in [0.15, 0.2) is 47.5 Å². The van der Waals surface area contributed by atoms with E-state index in [1.807, 2.05) is 12.1 Å². The second-order valence-corrected chi connectivity index (χ2v) is 6.86. The Morgan fingerprint density at radius 2 is 1.86 bits per heavy atom. The summed E-state index contributed by atoms with van der Waals surface area (Å²) in [5.74, 6) is 0.728. The van der Waals surface area contributed by atoms with Crippen LogP contribution in [0.25, 0.3) is 0 Å². The number of halogens is 1. The van der Waals surface area contributed by atoms with E-state index in [0.29, 0.717) is 0 Å². The number of ether oxygens (including phenoxy) is 1. The van der Waals surface area contributed by atoms with E-state index in [2.05, 4.69) is 4.98 Å². The van der Waals surface area contributed by atoms with Crippen LogP contribution in [0.5, 0.6) is 5.75 Å². The quantitative estimate of drug-likeness (QED) is 0.792. The highest BCUT2D eigenvalue weighted by Gasteiger charge is 2.21. The van der Waals surface area contributed by atoms with Gasteiger partial charge in [0.15, 0.2) is 0 Å². The predicted octanol–water partition coefficient (Wildman–Crippen LogP) is 2.56. The van der Waals surface area contributed by atoms with Crippen LogP contribution in [-0.4, -0.2) is 31.9 Å². The van der Waals surface area contributed by atoms with Crippen molar-refractivity contribution in [2.75, 3.05) is 14.2 Å². The van der Waals surface area contributed by atoms with Crippen LogP contribution in [-0.2, 0) is 16.6 Å². The van der Waals surface area contributed by atoms with E-state index in [0.717, 1.165) is 11.3 Å². The van der Waals surface area contributed by atoms with Crippen LogP contribution in [0.3, 0.4) is 0 Å². The number of benzene rings is 1. The zero-order valence-electron chi connectivity index (χ0n) is 11.7. The van der Waals surface area contributed by atoms with E-state index in [9.17, 15) is 8.42 Å². The molecule has 0 saturated carbocycles. The highest BCUT2D eigenvalue weighted by molar-refractivity contribution is 7.89. The summed E-state index contributed by atoms with van der Waals surface area (Å²) in [4.78, 5) is 3.91. The van der Waals surface area contributed by atoms with Crippen LogP contribution in [0, 0.1) is 0 Å². The molecule has 2 aromatic rings. The van der Waals surface area contributed by atoms with Gasteiger partial charge in [0.1, 0.15) is 15.8 Å². The summed E-state index contributed by atoms with van der Waals surface area (Å²) in [7, 11) is -0.484. The van der Waals surface area contributed by atoms with Crippen LogP contribution >= 0.6 is 11.6 Å². The fraction of sp³-hybridized carbons (Fsp3) is 0.214. The van der Waals surface area contributed by atoms with Crippen molar-refractivity contribution >= 4 is 21.6 Å². The standard InChI is InChI=1S/C14H15ClN2O3S/c1-17(10-11-3-5-12(20-2)6-4-11)21(18,19)13-7-8-14(15)16-9-13/h3-9H,10H2,1-2H3. The monoisotopic (exact) mass is 326 g/mol. The maximum absolute atomic E-state index is 12.4. The van der Waals surface area contributed by atoms with Gasteiger partial charge in [-0.2, -0.15) is 4.31 Å². The number of pyridine rings is 1. The molecule has 5 nitrogen and oxygen atoms in total. The third kappa shape index (κ3) is 3.72. The smallest absolute Gasteiger partial charge is 0.244 e. The number of rotatable bonds is 5. The minimum Gasteiger partial charge on any atom is -0.497 e. The van der Waals surface area contributed by atoms with E-state index in [4.69, 9.17) is 16.3 Å². The molecule has 0 saturated heterocycles. The molecule has 1 aromatic heterocycles. The van der Waals surface area contributed by atoms with Gasteiger partial charge < -0.3 is 4.74 Å². The Balaban J connectivity index is 2.17. The molecule has 0 spiro atoms. The van der Waals surface area contributed by atoms with Gasteiger partial charge >= 0.3 is 0 Å². The average molecular weight is 327 g/mol. The fourth-order valence-corrected chi connectivity index (χ4v) is 2.98. The maximum Gasteiger partial charge on any atom is 0.244 e. The first kappa shape index (κ1) is 15.8. The first-order valence-corrected chi connectivity index (χ1v) is 7.96. The number of aromatic nitrogens is 1. The van der Waals surface area contributed by atoms with Gasteiger partial charge in [-0.25, -0.2) is 13.4 Å². The maximum atomic E-state index is 12.4. The van der Waals surface area contributed by atoms with Crippen molar-refractivity contribution in [2.24, 2.45) is 0 Å². The van der Waals surface area contributed by atoms with E-state index in [-0.39, 0.29) is 16.6 Å². The third-order valence-electron chi connectivity index (χ3n) is 2.97. The Kier molecular flexibility index (Phi) is 4.82. The molecule has 0 fully saturated rings. The lowest BCUT2D eigenvalue weighted by molar-refractivity contribution is 0.414. The van der Waals surface area contributed by atoms with Crippen molar-refractivity contribution in [1.29, 1.82) is 0 Å². The molecule has 0 aliphatic carbocycles. The lowest BCUT2D eigenvalue weighted by Gasteiger charge is -2.17. The van der Waals surface area contributed by atoms with Crippen LogP contribution in [0.4, 0.5) is 0 Å². The largest absolute Gasteiger partial charge is 0.497 e. The average Bonchev–Trinajstić information content (AvgIpc) is 2.48.